The van der Waals surface area contributed by atoms with Crippen molar-refractivity contribution in [3.8, 4) is 0 Å². The number of rotatable bonds is 6. The fourth-order valence-corrected chi connectivity index (χ4v) is 2.97. The topological polar surface area (TPSA) is 26.0 Å². The fourth-order valence-electron chi connectivity index (χ4n) is 1.76. The van der Waals surface area contributed by atoms with E-state index >= 15 is 0 Å². The van der Waals surface area contributed by atoms with E-state index in [0.717, 1.165) is 11.7 Å². The van der Waals surface area contributed by atoms with Crippen molar-refractivity contribution in [1.29, 1.82) is 0 Å². The Hall–Kier alpha value is -0.470. The minimum absolute atomic E-state index is 0.170. The predicted molar refractivity (Wildman–Crippen MR) is 79.6 cm³/mol. The van der Waals surface area contributed by atoms with Crippen LogP contribution in [-0.4, -0.2) is 11.5 Å². The first-order valence-corrected chi connectivity index (χ1v) is 7.60. The van der Waals surface area contributed by atoms with Crippen LogP contribution in [0.1, 0.15) is 43.0 Å². The smallest absolute Gasteiger partial charge is 0.0389 e. The molecule has 2 N–H and O–H groups in total. The van der Waals surface area contributed by atoms with Gasteiger partial charge < -0.3 is 5.73 Å². The summed E-state index contributed by atoms with van der Waals surface area (Å²) >= 11 is 1.98. The van der Waals surface area contributed by atoms with Crippen LogP contribution in [0.4, 0.5) is 0 Å². The number of aryl methyl sites for hydroxylation is 2. The molecule has 0 aliphatic carbocycles. The maximum absolute atomic E-state index is 6.27. The molecule has 2 unspecified atom stereocenters. The molecule has 0 radical (unpaired) electrons. The van der Waals surface area contributed by atoms with Crippen LogP contribution >= 0.6 is 11.8 Å². The zero-order chi connectivity index (χ0) is 12.8. The van der Waals surface area contributed by atoms with Crippen molar-refractivity contribution in [2.75, 3.05) is 11.5 Å². The third-order valence-corrected chi connectivity index (χ3v) is 4.63. The lowest BCUT2D eigenvalue weighted by Gasteiger charge is -2.16. The van der Waals surface area contributed by atoms with Crippen molar-refractivity contribution < 1.29 is 0 Å². The monoisotopic (exact) mass is 251 g/mol. The van der Waals surface area contributed by atoms with Crippen LogP contribution in [0.5, 0.6) is 0 Å². The normalized spacial score (nSPS) is 14.6. The van der Waals surface area contributed by atoms with Gasteiger partial charge in [0.05, 0.1) is 0 Å². The standard InChI is InChI=1S/C15H25NS/c1-5-11(2)9-17-10-15(16)14-8-12(3)6-7-13(14)4/h6-8,11,15H,5,9-10,16H2,1-4H3. The van der Waals surface area contributed by atoms with E-state index in [0.29, 0.717) is 0 Å². The lowest BCUT2D eigenvalue weighted by Crippen LogP contribution is -2.15. The zero-order valence-electron chi connectivity index (χ0n) is 11.5. The molecule has 1 nitrogen and oxygen atoms in total. The van der Waals surface area contributed by atoms with E-state index in [1.165, 1.54) is 28.9 Å². The quantitative estimate of drug-likeness (QED) is 0.824. The molecule has 0 saturated carbocycles. The number of hydrogen-bond acceptors (Lipinski definition) is 2. The van der Waals surface area contributed by atoms with Crippen LogP contribution in [0, 0.1) is 19.8 Å². The molecule has 0 fully saturated rings. The van der Waals surface area contributed by atoms with Gasteiger partial charge in [-0.15, -0.1) is 0 Å². The highest BCUT2D eigenvalue weighted by molar-refractivity contribution is 7.99. The molecule has 0 aliphatic rings. The molecular formula is C15H25NS. The van der Waals surface area contributed by atoms with Gasteiger partial charge in [-0.3, -0.25) is 0 Å². The van der Waals surface area contributed by atoms with E-state index in [2.05, 4.69) is 45.9 Å². The summed E-state index contributed by atoms with van der Waals surface area (Å²) in [5.41, 5.74) is 10.2. The summed E-state index contributed by atoms with van der Waals surface area (Å²) in [7, 11) is 0. The first kappa shape index (κ1) is 14.6. The van der Waals surface area contributed by atoms with Gasteiger partial charge in [-0.05, 0) is 36.6 Å². The number of thioether (sulfide) groups is 1. The fraction of sp³-hybridized carbons (Fsp3) is 0.600. The third kappa shape index (κ3) is 4.72. The van der Waals surface area contributed by atoms with E-state index in [-0.39, 0.29) is 6.04 Å². The highest BCUT2D eigenvalue weighted by Crippen LogP contribution is 2.22. The maximum Gasteiger partial charge on any atom is 0.0389 e. The Morgan fingerprint density at radius 1 is 1.24 bits per heavy atom. The molecule has 96 valence electrons. The van der Waals surface area contributed by atoms with Crippen molar-refractivity contribution >= 4 is 11.8 Å². The maximum atomic E-state index is 6.27. The van der Waals surface area contributed by atoms with Crippen LogP contribution < -0.4 is 5.73 Å². The molecule has 0 bridgehead atoms. The van der Waals surface area contributed by atoms with E-state index in [1.807, 2.05) is 11.8 Å². The van der Waals surface area contributed by atoms with Crippen LogP contribution in [-0.2, 0) is 0 Å². The molecule has 1 aromatic carbocycles. The summed E-state index contributed by atoms with van der Waals surface area (Å²) in [5, 5.41) is 0. The van der Waals surface area contributed by atoms with E-state index in [4.69, 9.17) is 5.73 Å². The SMILES string of the molecule is CCC(C)CSCC(N)c1cc(C)ccc1C. The number of benzene rings is 1. The molecular weight excluding hydrogens is 226 g/mol. The predicted octanol–water partition coefficient (Wildman–Crippen LogP) is 4.08. The molecule has 1 aromatic rings. The van der Waals surface area contributed by atoms with Crippen LogP contribution in [0.15, 0.2) is 18.2 Å². The summed E-state index contributed by atoms with van der Waals surface area (Å²) in [5.74, 6) is 3.04. The van der Waals surface area contributed by atoms with E-state index in [9.17, 15) is 0 Å². The molecule has 2 heteroatoms. The van der Waals surface area contributed by atoms with Gasteiger partial charge in [-0.2, -0.15) is 11.8 Å². The number of nitrogens with two attached hydrogens (primary N) is 1. The minimum Gasteiger partial charge on any atom is -0.323 e. The van der Waals surface area contributed by atoms with Gasteiger partial charge >= 0.3 is 0 Å². The van der Waals surface area contributed by atoms with Crippen LogP contribution in [0.25, 0.3) is 0 Å². The molecule has 0 amide bonds. The largest absolute Gasteiger partial charge is 0.323 e. The van der Waals surface area contributed by atoms with Gasteiger partial charge in [-0.25, -0.2) is 0 Å². The lowest BCUT2D eigenvalue weighted by atomic mass is 10.0. The van der Waals surface area contributed by atoms with Crippen molar-refractivity contribution in [2.45, 2.75) is 40.2 Å². The zero-order valence-corrected chi connectivity index (χ0v) is 12.3. The number of hydrogen-bond donors (Lipinski definition) is 1. The average Bonchev–Trinajstić information content (AvgIpc) is 2.31. The van der Waals surface area contributed by atoms with Gasteiger partial charge in [0.15, 0.2) is 0 Å². The third-order valence-electron chi connectivity index (χ3n) is 3.23. The first-order chi connectivity index (χ1) is 8.04. The van der Waals surface area contributed by atoms with E-state index in [1.54, 1.807) is 0 Å². The Kier molecular flexibility index (Phi) is 6.07. The van der Waals surface area contributed by atoms with Crippen molar-refractivity contribution in [1.82, 2.24) is 0 Å². The summed E-state index contributed by atoms with van der Waals surface area (Å²) in [4.78, 5) is 0. The summed E-state index contributed by atoms with van der Waals surface area (Å²) in [6, 6.07) is 6.72. The summed E-state index contributed by atoms with van der Waals surface area (Å²) < 4.78 is 0. The van der Waals surface area contributed by atoms with E-state index < -0.39 is 0 Å². The molecule has 1 rings (SSSR count). The molecule has 17 heavy (non-hydrogen) atoms. The first-order valence-electron chi connectivity index (χ1n) is 6.45. The van der Waals surface area contributed by atoms with Gasteiger partial charge in [0.25, 0.3) is 0 Å². The molecule has 0 aliphatic heterocycles. The Balaban J connectivity index is 2.52. The summed E-state index contributed by atoms with van der Waals surface area (Å²) in [6.45, 7) is 8.82. The molecule has 0 spiro atoms. The molecule has 0 heterocycles. The highest BCUT2D eigenvalue weighted by atomic mass is 32.2. The lowest BCUT2D eigenvalue weighted by molar-refractivity contribution is 0.636. The van der Waals surface area contributed by atoms with Gasteiger partial charge in [0.2, 0.25) is 0 Å². The highest BCUT2D eigenvalue weighted by Gasteiger charge is 2.10. The average molecular weight is 251 g/mol. The molecule has 2 atom stereocenters. The molecule has 0 saturated heterocycles. The summed E-state index contributed by atoms with van der Waals surface area (Å²) in [6.07, 6.45) is 1.26. The Morgan fingerprint density at radius 3 is 2.59 bits per heavy atom. The Bertz CT molecular complexity index is 349. The molecule has 0 aromatic heterocycles. The second-order valence-electron chi connectivity index (χ2n) is 5.02. The van der Waals surface area contributed by atoms with Crippen molar-refractivity contribution in [3.63, 3.8) is 0 Å². The Labute approximate surface area is 110 Å². The van der Waals surface area contributed by atoms with Gasteiger partial charge in [-0.1, -0.05) is 44.0 Å². The van der Waals surface area contributed by atoms with Crippen molar-refractivity contribution in [2.24, 2.45) is 11.7 Å². The Morgan fingerprint density at radius 2 is 1.94 bits per heavy atom. The van der Waals surface area contributed by atoms with Crippen LogP contribution in [0.3, 0.4) is 0 Å². The van der Waals surface area contributed by atoms with Crippen molar-refractivity contribution in [3.05, 3.63) is 34.9 Å². The van der Waals surface area contributed by atoms with Gasteiger partial charge in [0, 0.05) is 11.8 Å². The minimum atomic E-state index is 0.170. The second kappa shape index (κ2) is 7.07. The second-order valence-corrected chi connectivity index (χ2v) is 6.09. The van der Waals surface area contributed by atoms with Crippen LogP contribution in [0.2, 0.25) is 0 Å². The van der Waals surface area contributed by atoms with Gasteiger partial charge in [0.1, 0.15) is 0 Å².